The number of ether oxygens (including phenoxy) is 2. The van der Waals surface area contributed by atoms with Gasteiger partial charge in [0.1, 0.15) is 18.2 Å². The third-order valence-corrected chi connectivity index (χ3v) is 4.74. The Morgan fingerprint density at radius 1 is 1.35 bits per heavy atom. The van der Waals surface area contributed by atoms with E-state index in [1.165, 1.54) is 0 Å². The zero-order valence-electron chi connectivity index (χ0n) is 11.3. The number of hydrogen-bond donors (Lipinski definition) is 1. The van der Waals surface area contributed by atoms with Crippen LogP contribution in [0.5, 0.6) is 11.5 Å². The summed E-state index contributed by atoms with van der Waals surface area (Å²) >= 11 is 5.18. The normalized spacial score (nSPS) is 15.2. The van der Waals surface area contributed by atoms with Crippen molar-refractivity contribution in [1.29, 1.82) is 0 Å². The average Bonchev–Trinajstić information content (AvgIpc) is 2.96. The summed E-state index contributed by atoms with van der Waals surface area (Å²) in [5, 5.41) is 6.27. The Kier molecular flexibility index (Phi) is 3.96. The van der Waals surface area contributed by atoms with Gasteiger partial charge in [0.05, 0.1) is 10.2 Å². The van der Waals surface area contributed by atoms with Crippen LogP contribution in [-0.4, -0.2) is 25.2 Å². The van der Waals surface area contributed by atoms with Crippen molar-refractivity contribution in [2.75, 3.05) is 20.3 Å². The smallest absolute Gasteiger partial charge is 0.175 e. The van der Waals surface area contributed by atoms with E-state index in [-0.39, 0.29) is 6.04 Å². The standard InChI is InChI=1S/C14H15BrN2O2S/c1-8(16-2)11-7-20-14(17-11)9-5-10(15)13-12(6-9)18-3-4-19-13/h5-8,16H,3-4H2,1-2H3. The highest BCUT2D eigenvalue weighted by molar-refractivity contribution is 9.10. The molecule has 0 fully saturated rings. The van der Waals surface area contributed by atoms with Gasteiger partial charge in [-0.3, -0.25) is 0 Å². The number of fused-ring (bicyclic) bond motifs is 1. The van der Waals surface area contributed by atoms with Crippen LogP contribution in [0.15, 0.2) is 22.0 Å². The predicted molar refractivity (Wildman–Crippen MR) is 83.7 cm³/mol. The minimum absolute atomic E-state index is 0.251. The maximum Gasteiger partial charge on any atom is 0.175 e. The summed E-state index contributed by atoms with van der Waals surface area (Å²) in [6.45, 7) is 3.27. The van der Waals surface area contributed by atoms with Crippen LogP contribution in [0, 0.1) is 0 Å². The molecule has 0 bridgehead atoms. The second-order valence-electron chi connectivity index (χ2n) is 4.57. The number of nitrogens with zero attached hydrogens (tertiary/aromatic N) is 1. The van der Waals surface area contributed by atoms with Crippen LogP contribution in [-0.2, 0) is 0 Å². The lowest BCUT2D eigenvalue weighted by Gasteiger charge is -2.20. The first-order valence-corrected chi connectivity index (χ1v) is 8.08. The molecule has 106 valence electrons. The first-order chi connectivity index (χ1) is 9.69. The van der Waals surface area contributed by atoms with Crippen LogP contribution in [0.3, 0.4) is 0 Å². The Morgan fingerprint density at radius 3 is 2.95 bits per heavy atom. The van der Waals surface area contributed by atoms with E-state index in [2.05, 4.69) is 38.5 Å². The molecular formula is C14H15BrN2O2S. The molecule has 6 heteroatoms. The molecule has 2 aromatic rings. The van der Waals surface area contributed by atoms with Crippen LogP contribution < -0.4 is 14.8 Å². The summed E-state index contributed by atoms with van der Waals surface area (Å²) in [6.07, 6.45) is 0. The van der Waals surface area contributed by atoms with E-state index < -0.39 is 0 Å². The molecule has 0 saturated heterocycles. The second kappa shape index (κ2) is 5.71. The van der Waals surface area contributed by atoms with Crippen LogP contribution >= 0.6 is 27.3 Å². The Bertz CT molecular complexity index is 630. The highest BCUT2D eigenvalue weighted by Crippen LogP contribution is 2.41. The highest BCUT2D eigenvalue weighted by atomic mass is 79.9. The zero-order valence-corrected chi connectivity index (χ0v) is 13.7. The number of halogens is 1. The first-order valence-electron chi connectivity index (χ1n) is 6.41. The maximum absolute atomic E-state index is 5.65. The van der Waals surface area contributed by atoms with Crippen molar-refractivity contribution in [3.8, 4) is 22.1 Å². The molecule has 1 atom stereocenters. The van der Waals surface area contributed by atoms with E-state index >= 15 is 0 Å². The number of thiazole rings is 1. The molecule has 1 aliphatic rings. The molecule has 1 unspecified atom stereocenters. The van der Waals surface area contributed by atoms with Crippen molar-refractivity contribution in [3.63, 3.8) is 0 Å². The van der Waals surface area contributed by atoms with Crippen molar-refractivity contribution in [2.24, 2.45) is 0 Å². The molecule has 0 radical (unpaired) electrons. The van der Waals surface area contributed by atoms with E-state index in [0.717, 1.165) is 32.2 Å². The molecule has 0 amide bonds. The summed E-state index contributed by atoms with van der Waals surface area (Å²) in [6, 6.07) is 4.27. The minimum Gasteiger partial charge on any atom is -0.486 e. The Hall–Kier alpha value is -1.11. The predicted octanol–water partition coefficient (Wildman–Crippen LogP) is 3.62. The van der Waals surface area contributed by atoms with Crippen molar-refractivity contribution in [2.45, 2.75) is 13.0 Å². The molecule has 0 saturated carbocycles. The fourth-order valence-electron chi connectivity index (χ4n) is 2.00. The number of hydrogen-bond acceptors (Lipinski definition) is 5. The van der Waals surface area contributed by atoms with E-state index in [4.69, 9.17) is 9.47 Å². The molecule has 1 aromatic carbocycles. The fraction of sp³-hybridized carbons (Fsp3) is 0.357. The SMILES string of the molecule is CNC(C)c1csc(-c2cc(Br)c3c(c2)OCCO3)n1. The summed E-state index contributed by atoms with van der Waals surface area (Å²) in [5.41, 5.74) is 2.10. The third-order valence-electron chi connectivity index (χ3n) is 3.24. The van der Waals surface area contributed by atoms with Crippen molar-refractivity contribution >= 4 is 27.3 Å². The fourth-order valence-corrected chi connectivity index (χ4v) is 3.46. The molecule has 1 N–H and O–H groups in total. The van der Waals surface area contributed by atoms with Gasteiger partial charge in [0, 0.05) is 17.0 Å². The molecule has 0 spiro atoms. The van der Waals surface area contributed by atoms with Gasteiger partial charge in [-0.1, -0.05) is 0 Å². The van der Waals surface area contributed by atoms with Crippen molar-refractivity contribution in [3.05, 3.63) is 27.7 Å². The van der Waals surface area contributed by atoms with Crippen molar-refractivity contribution < 1.29 is 9.47 Å². The summed E-state index contributed by atoms with van der Waals surface area (Å²) in [7, 11) is 1.93. The van der Waals surface area contributed by atoms with Gasteiger partial charge >= 0.3 is 0 Å². The lowest BCUT2D eigenvalue weighted by atomic mass is 10.2. The van der Waals surface area contributed by atoms with E-state index in [0.29, 0.717) is 13.2 Å². The molecule has 20 heavy (non-hydrogen) atoms. The monoisotopic (exact) mass is 354 g/mol. The Balaban J connectivity index is 1.98. The second-order valence-corrected chi connectivity index (χ2v) is 6.28. The van der Waals surface area contributed by atoms with Crippen LogP contribution in [0.25, 0.3) is 10.6 Å². The molecule has 1 aromatic heterocycles. The quantitative estimate of drug-likeness (QED) is 0.913. The van der Waals surface area contributed by atoms with Gasteiger partial charge in [0.2, 0.25) is 0 Å². The molecule has 2 heterocycles. The lowest BCUT2D eigenvalue weighted by Crippen LogP contribution is -2.15. The largest absolute Gasteiger partial charge is 0.486 e. The molecule has 4 nitrogen and oxygen atoms in total. The summed E-state index contributed by atoms with van der Waals surface area (Å²) in [5.74, 6) is 1.56. The number of benzene rings is 1. The van der Waals surface area contributed by atoms with E-state index in [9.17, 15) is 0 Å². The zero-order chi connectivity index (χ0) is 14.1. The summed E-state index contributed by atoms with van der Waals surface area (Å²) < 4.78 is 12.2. The van der Waals surface area contributed by atoms with Gasteiger partial charge in [0.25, 0.3) is 0 Å². The van der Waals surface area contributed by atoms with Gasteiger partial charge in [-0.2, -0.15) is 0 Å². The van der Waals surface area contributed by atoms with Gasteiger partial charge < -0.3 is 14.8 Å². The van der Waals surface area contributed by atoms with Gasteiger partial charge in [-0.25, -0.2) is 4.98 Å². The van der Waals surface area contributed by atoms with Crippen molar-refractivity contribution in [1.82, 2.24) is 10.3 Å². The third kappa shape index (κ3) is 2.55. The number of nitrogens with one attached hydrogen (secondary N) is 1. The number of aromatic nitrogens is 1. The Labute approximate surface area is 130 Å². The summed E-state index contributed by atoms with van der Waals surface area (Å²) in [4.78, 5) is 4.68. The molecular weight excluding hydrogens is 340 g/mol. The minimum atomic E-state index is 0.251. The lowest BCUT2D eigenvalue weighted by molar-refractivity contribution is 0.170. The van der Waals surface area contributed by atoms with Gasteiger partial charge in [-0.05, 0) is 42.0 Å². The van der Waals surface area contributed by atoms with E-state index in [1.807, 2.05) is 19.2 Å². The van der Waals surface area contributed by atoms with Crippen LogP contribution in [0.2, 0.25) is 0 Å². The van der Waals surface area contributed by atoms with Crippen LogP contribution in [0.1, 0.15) is 18.7 Å². The number of rotatable bonds is 3. The topological polar surface area (TPSA) is 43.4 Å². The van der Waals surface area contributed by atoms with Gasteiger partial charge in [0.15, 0.2) is 11.5 Å². The van der Waals surface area contributed by atoms with Crippen LogP contribution in [0.4, 0.5) is 0 Å². The Morgan fingerprint density at radius 2 is 2.15 bits per heavy atom. The molecule has 1 aliphatic heterocycles. The first kappa shape index (κ1) is 13.9. The average molecular weight is 355 g/mol. The molecule has 3 rings (SSSR count). The maximum atomic E-state index is 5.65. The highest BCUT2D eigenvalue weighted by Gasteiger charge is 2.18. The van der Waals surface area contributed by atoms with E-state index in [1.54, 1.807) is 11.3 Å². The van der Waals surface area contributed by atoms with Gasteiger partial charge in [-0.15, -0.1) is 11.3 Å². The molecule has 0 aliphatic carbocycles.